The fourth-order valence-electron chi connectivity index (χ4n) is 2.13. The molecule has 2 aromatic rings. The van der Waals surface area contributed by atoms with Crippen LogP contribution in [-0.4, -0.2) is 39.5 Å². The summed E-state index contributed by atoms with van der Waals surface area (Å²) >= 11 is 3.09. The first-order chi connectivity index (χ1) is 8.77. The number of hydrogen-bond acceptors (Lipinski definition) is 5. The lowest BCUT2D eigenvalue weighted by Crippen LogP contribution is -2.47. The Morgan fingerprint density at radius 1 is 1.44 bits per heavy atom. The number of carboxylic acid groups (broad SMARTS) is 1. The largest absolute Gasteiger partial charge is 0.480 e. The van der Waals surface area contributed by atoms with E-state index in [4.69, 9.17) is 0 Å². The van der Waals surface area contributed by atoms with Crippen LogP contribution in [0, 0.1) is 0 Å². The van der Waals surface area contributed by atoms with Gasteiger partial charge in [0.05, 0.1) is 5.52 Å². The number of thioether (sulfide) groups is 1. The van der Waals surface area contributed by atoms with Crippen molar-refractivity contribution in [3.05, 3.63) is 24.3 Å². The molecule has 1 aliphatic heterocycles. The van der Waals surface area contributed by atoms with E-state index in [1.165, 1.54) is 11.5 Å². The number of benzene rings is 1. The van der Waals surface area contributed by atoms with Crippen molar-refractivity contribution in [3.8, 4) is 0 Å². The number of carbonyl (C=O) groups is 1. The second-order valence-corrected chi connectivity index (χ2v) is 6.03. The molecule has 0 aliphatic carbocycles. The van der Waals surface area contributed by atoms with Gasteiger partial charge in [0.1, 0.15) is 11.0 Å². The summed E-state index contributed by atoms with van der Waals surface area (Å²) in [6, 6.07) is 7.45. The van der Waals surface area contributed by atoms with Crippen molar-refractivity contribution in [1.29, 1.82) is 0 Å². The van der Waals surface area contributed by atoms with Crippen molar-refractivity contribution in [2.75, 3.05) is 23.0 Å². The summed E-state index contributed by atoms with van der Waals surface area (Å²) in [7, 11) is 0. The molecule has 6 heteroatoms. The van der Waals surface area contributed by atoms with Crippen molar-refractivity contribution in [2.45, 2.75) is 6.04 Å². The van der Waals surface area contributed by atoms with E-state index in [1.54, 1.807) is 11.8 Å². The van der Waals surface area contributed by atoms with Gasteiger partial charge in [-0.1, -0.05) is 12.1 Å². The van der Waals surface area contributed by atoms with Crippen molar-refractivity contribution < 1.29 is 9.90 Å². The summed E-state index contributed by atoms with van der Waals surface area (Å²) in [5, 5.41) is 11.3. The Hall–Kier alpha value is -1.27. The van der Waals surface area contributed by atoms with Crippen LogP contribution in [0.2, 0.25) is 0 Å². The van der Waals surface area contributed by atoms with E-state index in [2.05, 4.69) is 4.37 Å². The Labute approximate surface area is 113 Å². The number of aliphatic carboxylic acids is 1. The molecule has 0 bridgehead atoms. The maximum Gasteiger partial charge on any atom is 0.327 e. The van der Waals surface area contributed by atoms with Gasteiger partial charge in [0.25, 0.3) is 0 Å². The summed E-state index contributed by atoms with van der Waals surface area (Å²) in [5.41, 5.74) is 0.944. The van der Waals surface area contributed by atoms with Gasteiger partial charge in [-0.3, -0.25) is 0 Å². The van der Waals surface area contributed by atoms with Crippen LogP contribution >= 0.6 is 23.3 Å². The first kappa shape index (κ1) is 11.8. The zero-order chi connectivity index (χ0) is 12.5. The lowest BCUT2D eigenvalue weighted by Gasteiger charge is -2.33. The number of carboxylic acids is 1. The molecule has 0 amide bonds. The molecule has 0 spiro atoms. The van der Waals surface area contributed by atoms with E-state index in [1.807, 2.05) is 29.2 Å². The molecule has 18 heavy (non-hydrogen) atoms. The van der Waals surface area contributed by atoms with Crippen LogP contribution in [0.1, 0.15) is 0 Å². The van der Waals surface area contributed by atoms with Gasteiger partial charge in [-0.15, -0.1) is 0 Å². The highest BCUT2D eigenvalue weighted by atomic mass is 32.2. The van der Waals surface area contributed by atoms with Crippen molar-refractivity contribution >= 4 is 45.2 Å². The Morgan fingerprint density at radius 2 is 2.28 bits per heavy atom. The predicted molar refractivity (Wildman–Crippen MR) is 75.7 cm³/mol. The van der Waals surface area contributed by atoms with Crippen LogP contribution < -0.4 is 4.90 Å². The van der Waals surface area contributed by atoms with Crippen molar-refractivity contribution in [2.24, 2.45) is 0 Å². The molecule has 1 unspecified atom stereocenters. The number of hydrogen-bond donors (Lipinski definition) is 1. The summed E-state index contributed by atoms with van der Waals surface area (Å²) in [6.45, 7) is 0.772. The molecule has 1 aromatic carbocycles. The maximum atomic E-state index is 11.3. The van der Waals surface area contributed by atoms with Gasteiger partial charge in [0.2, 0.25) is 0 Å². The molecule has 94 valence electrons. The zero-order valence-electron chi connectivity index (χ0n) is 9.57. The van der Waals surface area contributed by atoms with Crippen molar-refractivity contribution in [3.63, 3.8) is 0 Å². The molecule has 4 nitrogen and oxygen atoms in total. The minimum atomic E-state index is -0.750. The Morgan fingerprint density at radius 3 is 3.11 bits per heavy atom. The van der Waals surface area contributed by atoms with Gasteiger partial charge in [-0.2, -0.15) is 16.1 Å². The zero-order valence-corrected chi connectivity index (χ0v) is 11.2. The fraction of sp³-hybridized carbons (Fsp3) is 0.333. The van der Waals surface area contributed by atoms with E-state index in [0.29, 0.717) is 5.75 Å². The maximum absolute atomic E-state index is 11.3. The molecule has 3 rings (SSSR count). The lowest BCUT2D eigenvalue weighted by atomic mass is 10.2. The third-order valence-electron chi connectivity index (χ3n) is 3.04. The lowest BCUT2D eigenvalue weighted by molar-refractivity contribution is -0.138. The van der Waals surface area contributed by atoms with Gasteiger partial charge >= 0.3 is 5.97 Å². The molecule has 0 saturated carbocycles. The highest BCUT2D eigenvalue weighted by Gasteiger charge is 2.31. The molecule has 2 heterocycles. The normalized spacial score (nSPS) is 20.2. The van der Waals surface area contributed by atoms with Crippen LogP contribution in [0.3, 0.4) is 0 Å². The van der Waals surface area contributed by atoms with E-state index in [-0.39, 0.29) is 0 Å². The molecular formula is C12H12N2O2S2. The van der Waals surface area contributed by atoms with Gasteiger partial charge in [0, 0.05) is 23.4 Å². The first-order valence-electron chi connectivity index (χ1n) is 5.69. The van der Waals surface area contributed by atoms with Crippen LogP contribution in [-0.2, 0) is 4.79 Å². The van der Waals surface area contributed by atoms with E-state index < -0.39 is 12.0 Å². The van der Waals surface area contributed by atoms with Gasteiger partial charge in [0.15, 0.2) is 0 Å². The Bertz CT molecular complexity index is 584. The molecule has 1 aliphatic rings. The number of rotatable bonds is 2. The molecule has 1 aromatic heterocycles. The molecule has 1 saturated heterocycles. The predicted octanol–water partition coefficient (Wildman–Crippen LogP) is 2.30. The fourth-order valence-corrected chi connectivity index (χ4v) is 4.11. The summed E-state index contributed by atoms with van der Waals surface area (Å²) in [4.78, 5) is 13.3. The monoisotopic (exact) mass is 280 g/mol. The molecule has 1 atom stereocenters. The van der Waals surface area contributed by atoms with E-state index in [0.717, 1.165) is 28.2 Å². The number of fused-ring (bicyclic) bond motifs is 1. The first-order valence-corrected chi connectivity index (χ1v) is 7.62. The standard InChI is InChI=1S/C12H12N2O2S2/c15-12(16)10-7-17-6-5-14(10)11-8-3-1-2-4-9(8)13-18-11/h1-4,10H,5-7H2,(H,15,16). The SMILES string of the molecule is O=C(O)C1CSCCN1c1snc2ccccc12. The highest BCUT2D eigenvalue weighted by Crippen LogP contribution is 2.34. The molecule has 0 radical (unpaired) electrons. The van der Waals surface area contributed by atoms with Gasteiger partial charge < -0.3 is 10.0 Å². The van der Waals surface area contributed by atoms with E-state index in [9.17, 15) is 9.90 Å². The quantitative estimate of drug-likeness (QED) is 0.915. The number of aromatic nitrogens is 1. The minimum absolute atomic E-state index is 0.437. The molecular weight excluding hydrogens is 268 g/mol. The second-order valence-electron chi connectivity index (χ2n) is 4.13. The Balaban J connectivity index is 2.04. The highest BCUT2D eigenvalue weighted by molar-refractivity contribution is 7.99. The number of anilines is 1. The summed E-state index contributed by atoms with van der Waals surface area (Å²) in [5.74, 6) is 0.858. The van der Waals surface area contributed by atoms with Crippen LogP contribution in [0.15, 0.2) is 24.3 Å². The summed E-state index contributed by atoms with van der Waals surface area (Å²) < 4.78 is 4.39. The second kappa shape index (κ2) is 4.78. The topological polar surface area (TPSA) is 53.4 Å². The van der Waals surface area contributed by atoms with Crippen LogP contribution in [0.5, 0.6) is 0 Å². The third-order valence-corrected chi connectivity index (χ3v) is 4.98. The average molecular weight is 280 g/mol. The third kappa shape index (κ3) is 1.95. The minimum Gasteiger partial charge on any atom is -0.480 e. The number of nitrogens with zero attached hydrogens (tertiary/aromatic N) is 2. The average Bonchev–Trinajstić information content (AvgIpc) is 2.82. The molecule has 1 fully saturated rings. The Kier molecular flexibility index (Phi) is 3.13. The summed E-state index contributed by atoms with van der Waals surface area (Å²) in [6.07, 6.45) is 0. The van der Waals surface area contributed by atoms with Crippen molar-refractivity contribution in [1.82, 2.24) is 4.37 Å². The van der Waals surface area contributed by atoms with E-state index >= 15 is 0 Å². The smallest absolute Gasteiger partial charge is 0.327 e. The molecule has 1 N–H and O–H groups in total. The van der Waals surface area contributed by atoms with Crippen LogP contribution in [0.4, 0.5) is 5.00 Å². The van der Waals surface area contributed by atoms with Gasteiger partial charge in [-0.05, 0) is 23.7 Å². The van der Waals surface area contributed by atoms with Crippen LogP contribution in [0.25, 0.3) is 10.9 Å². The van der Waals surface area contributed by atoms with Gasteiger partial charge in [-0.25, -0.2) is 4.79 Å².